The molecule has 0 aliphatic heterocycles. The van der Waals surface area contributed by atoms with E-state index in [1.54, 1.807) is 7.11 Å². The molecule has 1 heterocycles. The highest BCUT2D eigenvalue weighted by Gasteiger charge is 2.30. The first-order valence-electron chi connectivity index (χ1n) is 10.7. The van der Waals surface area contributed by atoms with Gasteiger partial charge in [0, 0.05) is 17.5 Å². The summed E-state index contributed by atoms with van der Waals surface area (Å²) in [6.45, 7) is 0.778. The van der Waals surface area contributed by atoms with Gasteiger partial charge in [0.25, 0.3) is 0 Å². The summed E-state index contributed by atoms with van der Waals surface area (Å²) in [5.74, 6) is 2.36. The highest BCUT2D eigenvalue weighted by molar-refractivity contribution is 7.10. The van der Waals surface area contributed by atoms with Crippen molar-refractivity contribution in [1.29, 1.82) is 0 Å². The van der Waals surface area contributed by atoms with Gasteiger partial charge >= 0.3 is 0 Å². The lowest BCUT2D eigenvalue weighted by atomic mass is 9.76. The summed E-state index contributed by atoms with van der Waals surface area (Å²) in [5, 5.41) is 5.29. The molecule has 1 aliphatic carbocycles. The molecule has 1 saturated carbocycles. The smallest absolute Gasteiger partial charge is 0.224 e. The third-order valence-electron chi connectivity index (χ3n) is 6.10. The molecule has 0 radical (unpaired) electrons. The van der Waals surface area contributed by atoms with Crippen LogP contribution in [0, 0.1) is 11.8 Å². The molecule has 1 aromatic heterocycles. The maximum atomic E-state index is 12.2. The fraction of sp³-hybridized carbons (Fsp3) is 0.542. The predicted octanol–water partition coefficient (Wildman–Crippen LogP) is 4.91. The summed E-state index contributed by atoms with van der Waals surface area (Å²) in [5.41, 5.74) is 0.991. The van der Waals surface area contributed by atoms with E-state index in [2.05, 4.69) is 41.8 Å². The molecule has 1 fully saturated rings. The number of carbonyl (C=O) groups is 1. The Hall–Kier alpha value is -1.85. The first-order valence-corrected chi connectivity index (χ1v) is 11.5. The fourth-order valence-electron chi connectivity index (χ4n) is 4.61. The van der Waals surface area contributed by atoms with E-state index >= 15 is 0 Å². The van der Waals surface area contributed by atoms with Gasteiger partial charge in [0.15, 0.2) is 0 Å². The highest BCUT2D eigenvalue weighted by Crippen LogP contribution is 2.41. The standard InChI is InChI=1S/C24H34N2O2S/c1-26(2)24(22-8-5-15-29-22)20-11-9-18(10-12-20)13-14-25-23(27)17-19-6-4-7-21(16-19)28-3/h4-8,15-16,18,20,24H,9-14,17H2,1-3H3,(H,25,27). The van der Waals surface area contributed by atoms with Crippen LogP contribution in [0.25, 0.3) is 0 Å². The Labute approximate surface area is 179 Å². The molecule has 29 heavy (non-hydrogen) atoms. The van der Waals surface area contributed by atoms with E-state index in [0.717, 1.165) is 36.1 Å². The Morgan fingerprint density at radius 1 is 1.21 bits per heavy atom. The Morgan fingerprint density at radius 2 is 2.00 bits per heavy atom. The van der Waals surface area contributed by atoms with Crippen LogP contribution in [0.4, 0.5) is 0 Å². The van der Waals surface area contributed by atoms with Gasteiger partial charge in [-0.15, -0.1) is 11.3 Å². The van der Waals surface area contributed by atoms with Crippen LogP contribution in [0.2, 0.25) is 0 Å². The van der Waals surface area contributed by atoms with Gasteiger partial charge in [0.2, 0.25) is 5.91 Å². The number of hydrogen-bond donors (Lipinski definition) is 1. The Balaban J connectivity index is 1.39. The molecule has 1 unspecified atom stereocenters. The third-order valence-corrected chi connectivity index (χ3v) is 7.05. The van der Waals surface area contributed by atoms with Crippen molar-refractivity contribution in [2.45, 2.75) is 44.6 Å². The molecule has 0 saturated heterocycles. The van der Waals surface area contributed by atoms with Gasteiger partial charge in [-0.25, -0.2) is 0 Å². The van der Waals surface area contributed by atoms with Crippen LogP contribution >= 0.6 is 11.3 Å². The largest absolute Gasteiger partial charge is 0.497 e. The molecule has 5 heteroatoms. The maximum Gasteiger partial charge on any atom is 0.224 e. The van der Waals surface area contributed by atoms with E-state index in [1.165, 1.54) is 30.6 Å². The van der Waals surface area contributed by atoms with Crippen molar-refractivity contribution in [1.82, 2.24) is 10.2 Å². The first-order chi connectivity index (χ1) is 14.1. The Bertz CT molecular complexity index is 752. The number of hydrogen-bond acceptors (Lipinski definition) is 4. The lowest BCUT2D eigenvalue weighted by Gasteiger charge is -2.37. The second-order valence-corrected chi connectivity index (χ2v) is 9.35. The predicted molar refractivity (Wildman–Crippen MR) is 121 cm³/mol. The second-order valence-electron chi connectivity index (χ2n) is 8.37. The topological polar surface area (TPSA) is 41.6 Å². The van der Waals surface area contributed by atoms with E-state index < -0.39 is 0 Å². The number of thiophene rings is 1. The Kier molecular flexibility index (Phi) is 8.13. The van der Waals surface area contributed by atoms with E-state index in [1.807, 2.05) is 35.6 Å². The molecule has 0 bridgehead atoms. The van der Waals surface area contributed by atoms with Gasteiger partial charge in [-0.1, -0.05) is 31.0 Å². The monoisotopic (exact) mass is 414 g/mol. The molecular formula is C24H34N2O2S. The lowest BCUT2D eigenvalue weighted by molar-refractivity contribution is -0.120. The van der Waals surface area contributed by atoms with Crippen molar-refractivity contribution in [2.24, 2.45) is 11.8 Å². The number of nitrogens with zero attached hydrogens (tertiary/aromatic N) is 1. The zero-order valence-electron chi connectivity index (χ0n) is 17.9. The van der Waals surface area contributed by atoms with Crippen molar-refractivity contribution in [3.63, 3.8) is 0 Å². The minimum Gasteiger partial charge on any atom is -0.497 e. The minimum atomic E-state index is 0.0947. The van der Waals surface area contributed by atoms with Crippen molar-refractivity contribution < 1.29 is 9.53 Å². The van der Waals surface area contributed by atoms with E-state index in [4.69, 9.17) is 4.74 Å². The molecule has 4 nitrogen and oxygen atoms in total. The molecule has 158 valence electrons. The molecule has 1 aliphatic rings. The summed E-state index contributed by atoms with van der Waals surface area (Å²) < 4.78 is 5.23. The number of benzene rings is 1. The van der Waals surface area contributed by atoms with Crippen molar-refractivity contribution in [3.05, 3.63) is 52.2 Å². The molecule has 0 spiro atoms. The van der Waals surface area contributed by atoms with Crippen LogP contribution in [-0.4, -0.2) is 38.6 Å². The van der Waals surface area contributed by atoms with E-state index in [0.29, 0.717) is 12.5 Å². The zero-order valence-corrected chi connectivity index (χ0v) is 18.7. The number of methoxy groups -OCH3 is 1. The summed E-state index contributed by atoms with van der Waals surface area (Å²) in [7, 11) is 6.05. The average molecular weight is 415 g/mol. The normalized spacial score (nSPS) is 20.4. The van der Waals surface area contributed by atoms with Crippen LogP contribution in [0.5, 0.6) is 5.75 Å². The summed E-state index contributed by atoms with van der Waals surface area (Å²) in [6, 6.07) is 12.7. The summed E-state index contributed by atoms with van der Waals surface area (Å²) >= 11 is 1.88. The molecule has 2 aromatic rings. The average Bonchev–Trinajstić information content (AvgIpc) is 3.23. The molecule has 3 rings (SSSR count). The van der Waals surface area contributed by atoms with Crippen LogP contribution in [0.3, 0.4) is 0 Å². The highest BCUT2D eigenvalue weighted by atomic mass is 32.1. The van der Waals surface area contributed by atoms with Crippen LogP contribution in [0.1, 0.15) is 48.6 Å². The van der Waals surface area contributed by atoms with Crippen LogP contribution < -0.4 is 10.1 Å². The number of rotatable bonds is 9. The van der Waals surface area contributed by atoms with Crippen molar-refractivity contribution in [2.75, 3.05) is 27.7 Å². The number of carbonyl (C=O) groups excluding carboxylic acids is 1. The van der Waals surface area contributed by atoms with E-state index in [-0.39, 0.29) is 5.91 Å². The molecule has 1 atom stereocenters. The van der Waals surface area contributed by atoms with Crippen molar-refractivity contribution >= 4 is 17.2 Å². The van der Waals surface area contributed by atoms with Gasteiger partial charge in [0.05, 0.1) is 13.5 Å². The quantitative estimate of drug-likeness (QED) is 0.634. The van der Waals surface area contributed by atoms with Crippen LogP contribution in [-0.2, 0) is 11.2 Å². The number of amides is 1. The number of nitrogens with one attached hydrogen (secondary N) is 1. The third kappa shape index (κ3) is 6.31. The molecule has 1 aromatic carbocycles. The van der Waals surface area contributed by atoms with Gasteiger partial charge in [-0.2, -0.15) is 0 Å². The Morgan fingerprint density at radius 3 is 2.66 bits per heavy atom. The van der Waals surface area contributed by atoms with Gasteiger partial charge in [0.1, 0.15) is 5.75 Å². The lowest BCUT2D eigenvalue weighted by Crippen LogP contribution is -2.31. The SMILES string of the molecule is COc1cccc(CC(=O)NCCC2CCC(C(c3cccs3)N(C)C)CC2)c1. The number of ether oxygens (including phenoxy) is 1. The van der Waals surface area contributed by atoms with Gasteiger partial charge in [-0.3, -0.25) is 4.79 Å². The van der Waals surface area contributed by atoms with Gasteiger partial charge < -0.3 is 15.0 Å². The van der Waals surface area contributed by atoms with Gasteiger partial charge in [-0.05, 0) is 74.3 Å². The van der Waals surface area contributed by atoms with Crippen molar-refractivity contribution in [3.8, 4) is 5.75 Å². The zero-order chi connectivity index (χ0) is 20.6. The molecular weight excluding hydrogens is 380 g/mol. The van der Waals surface area contributed by atoms with Crippen LogP contribution in [0.15, 0.2) is 41.8 Å². The summed E-state index contributed by atoms with van der Waals surface area (Å²) in [6.07, 6.45) is 6.60. The fourth-order valence-corrected chi connectivity index (χ4v) is 5.62. The van der Waals surface area contributed by atoms with E-state index in [9.17, 15) is 4.79 Å². The maximum absolute atomic E-state index is 12.2. The molecule has 1 N–H and O–H groups in total. The minimum absolute atomic E-state index is 0.0947. The molecule has 1 amide bonds. The summed E-state index contributed by atoms with van der Waals surface area (Å²) in [4.78, 5) is 16.1. The first kappa shape index (κ1) is 21.8. The second kappa shape index (κ2) is 10.8.